The number of hydrogen-bond acceptors (Lipinski definition) is 3. The maximum atomic E-state index is 11.1. The van der Waals surface area contributed by atoms with Crippen LogP contribution in [0.15, 0.2) is 6.07 Å². The Hall–Kier alpha value is -1.16. The van der Waals surface area contributed by atoms with Crippen molar-refractivity contribution < 1.29 is 9.90 Å². The number of aryl methyl sites for hydroxylation is 2. The van der Waals surface area contributed by atoms with E-state index in [9.17, 15) is 9.90 Å². The van der Waals surface area contributed by atoms with Crippen molar-refractivity contribution in [1.29, 1.82) is 0 Å². The van der Waals surface area contributed by atoms with Gasteiger partial charge >= 0.3 is 0 Å². The summed E-state index contributed by atoms with van der Waals surface area (Å²) in [4.78, 5) is 11.1. The lowest BCUT2D eigenvalue weighted by Gasteiger charge is -2.31. The number of hydrogen-bond donors (Lipinski definition) is 1. The van der Waals surface area contributed by atoms with Crippen LogP contribution in [-0.2, 0) is 18.3 Å². The van der Waals surface area contributed by atoms with Crippen molar-refractivity contribution in [2.75, 3.05) is 0 Å². The molecule has 0 unspecified atom stereocenters. The van der Waals surface area contributed by atoms with Gasteiger partial charge in [0.05, 0.1) is 11.3 Å². The van der Waals surface area contributed by atoms with E-state index >= 15 is 0 Å². The predicted octanol–water partition coefficient (Wildman–Crippen LogP) is 1.15. The monoisotopic (exact) mass is 222 g/mol. The highest BCUT2D eigenvalue weighted by atomic mass is 16.3. The predicted molar refractivity (Wildman–Crippen MR) is 60.1 cm³/mol. The van der Waals surface area contributed by atoms with Crippen LogP contribution in [-0.4, -0.2) is 26.3 Å². The van der Waals surface area contributed by atoms with Gasteiger partial charge in [0.2, 0.25) is 0 Å². The van der Waals surface area contributed by atoms with E-state index in [-0.39, 0.29) is 5.78 Å². The minimum Gasteiger partial charge on any atom is -0.389 e. The van der Waals surface area contributed by atoms with Crippen LogP contribution < -0.4 is 0 Å². The van der Waals surface area contributed by atoms with Gasteiger partial charge in [0.1, 0.15) is 5.78 Å². The summed E-state index contributed by atoms with van der Waals surface area (Å²) in [5.41, 5.74) is 1.29. The lowest BCUT2D eigenvalue weighted by atomic mass is 9.81. The van der Waals surface area contributed by atoms with Crippen LogP contribution in [0.1, 0.15) is 37.1 Å². The third kappa shape index (κ3) is 2.32. The fourth-order valence-corrected chi connectivity index (χ4v) is 2.34. The topological polar surface area (TPSA) is 55.1 Å². The molecular formula is C12H18N2O2. The first kappa shape index (κ1) is 11.3. The summed E-state index contributed by atoms with van der Waals surface area (Å²) in [5, 5.41) is 14.6. The second-order valence-corrected chi connectivity index (χ2v) is 4.84. The van der Waals surface area contributed by atoms with Crippen molar-refractivity contribution >= 4 is 5.78 Å². The van der Waals surface area contributed by atoms with E-state index in [0.29, 0.717) is 32.1 Å². The van der Waals surface area contributed by atoms with E-state index < -0.39 is 5.60 Å². The summed E-state index contributed by atoms with van der Waals surface area (Å²) in [7, 11) is 1.89. The Morgan fingerprint density at radius 3 is 2.62 bits per heavy atom. The summed E-state index contributed by atoms with van der Waals surface area (Å²) >= 11 is 0. The van der Waals surface area contributed by atoms with E-state index in [1.807, 2.05) is 24.7 Å². The first-order chi connectivity index (χ1) is 7.48. The summed E-state index contributed by atoms with van der Waals surface area (Å²) in [5.74, 6) is 0.269. The highest BCUT2D eigenvalue weighted by molar-refractivity contribution is 5.79. The molecule has 1 N–H and O–H groups in total. The zero-order valence-corrected chi connectivity index (χ0v) is 9.86. The Morgan fingerprint density at radius 1 is 1.50 bits per heavy atom. The lowest BCUT2D eigenvalue weighted by molar-refractivity contribution is -0.125. The van der Waals surface area contributed by atoms with Crippen molar-refractivity contribution in [3.63, 3.8) is 0 Å². The minimum atomic E-state index is -0.714. The molecular weight excluding hydrogens is 204 g/mol. The van der Waals surface area contributed by atoms with Gasteiger partial charge in [0.25, 0.3) is 0 Å². The molecule has 1 aliphatic carbocycles. The third-order valence-corrected chi connectivity index (χ3v) is 3.35. The second-order valence-electron chi connectivity index (χ2n) is 4.84. The second kappa shape index (κ2) is 4.01. The Balaban J connectivity index is 2.09. The van der Waals surface area contributed by atoms with Crippen molar-refractivity contribution in [3.05, 3.63) is 17.5 Å². The molecule has 0 radical (unpaired) electrons. The van der Waals surface area contributed by atoms with E-state index in [1.54, 1.807) is 0 Å². The summed E-state index contributed by atoms with van der Waals surface area (Å²) in [6.45, 7) is 1.94. The van der Waals surface area contributed by atoms with Crippen molar-refractivity contribution in [2.45, 2.75) is 44.6 Å². The number of carbonyl (C=O) groups is 1. The minimum absolute atomic E-state index is 0.269. The van der Waals surface area contributed by atoms with Crippen LogP contribution in [0.3, 0.4) is 0 Å². The maximum absolute atomic E-state index is 11.1. The zero-order valence-electron chi connectivity index (χ0n) is 9.86. The van der Waals surface area contributed by atoms with Gasteiger partial charge in [0, 0.05) is 32.0 Å². The number of carbonyl (C=O) groups excluding carboxylic acids is 1. The van der Waals surface area contributed by atoms with Crippen molar-refractivity contribution in [1.82, 2.24) is 9.78 Å². The molecule has 4 nitrogen and oxygen atoms in total. The van der Waals surface area contributed by atoms with Crippen LogP contribution >= 0.6 is 0 Å². The average molecular weight is 222 g/mol. The molecule has 4 heteroatoms. The molecule has 0 aliphatic heterocycles. The number of Topliss-reactive ketones (excluding diaryl/α,β-unsaturated/α-hetero) is 1. The third-order valence-electron chi connectivity index (χ3n) is 3.35. The van der Waals surface area contributed by atoms with Crippen LogP contribution in [0, 0.1) is 6.92 Å². The van der Waals surface area contributed by atoms with Crippen molar-refractivity contribution in [3.8, 4) is 0 Å². The molecule has 2 rings (SSSR count). The number of ketones is 1. The summed E-state index contributed by atoms with van der Waals surface area (Å²) < 4.78 is 1.81. The first-order valence-electron chi connectivity index (χ1n) is 5.72. The van der Waals surface area contributed by atoms with Gasteiger partial charge in [-0.3, -0.25) is 9.48 Å². The van der Waals surface area contributed by atoms with Gasteiger partial charge in [-0.15, -0.1) is 0 Å². The molecule has 1 fully saturated rings. The van der Waals surface area contributed by atoms with Gasteiger partial charge in [-0.25, -0.2) is 0 Å². The standard InChI is InChI=1S/C12H18N2O2/c1-9-7-10(14(2)13-9)8-12(16)5-3-11(15)4-6-12/h7,16H,3-6,8H2,1-2H3. The molecule has 88 valence electrons. The number of nitrogens with zero attached hydrogens (tertiary/aromatic N) is 2. The van der Waals surface area contributed by atoms with Crippen LogP contribution in [0.2, 0.25) is 0 Å². The molecule has 1 heterocycles. The Kier molecular flexibility index (Phi) is 2.84. The van der Waals surface area contributed by atoms with E-state index in [0.717, 1.165) is 11.4 Å². The van der Waals surface area contributed by atoms with E-state index in [2.05, 4.69) is 5.10 Å². The Bertz CT molecular complexity index is 399. The van der Waals surface area contributed by atoms with Gasteiger partial charge in [-0.1, -0.05) is 0 Å². The van der Waals surface area contributed by atoms with Crippen LogP contribution in [0.25, 0.3) is 0 Å². The van der Waals surface area contributed by atoms with Crippen LogP contribution in [0.4, 0.5) is 0 Å². The highest BCUT2D eigenvalue weighted by Crippen LogP contribution is 2.29. The van der Waals surface area contributed by atoms with Crippen molar-refractivity contribution in [2.24, 2.45) is 7.05 Å². The lowest BCUT2D eigenvalue weighted by Crippen LogP contribution is -2.37. The van der Waals surface area contributed by atoms with Crippen LogP contribution in [0.5, 0.6) is 0 Å². The molecule has 1 aromatic heterocycles. The van der Waals surface area contributed by atoms with Gasteiger partial charge in [-0.2, -0.15) is 5.10 Å². The quantitative estimate of drug-likeness (QED) is 0.816. The molecule has 1 aliphatic rings. The van der Waals surface area contributed by atoms with Gasteiger partial charge < -0.3 is 5.11 Å². The highest BCUT2D eigenvalue weighted by Gasteiger charge is 2.33. The molecule has 0 amide bonds. The SMILES string of the molecule is Cc1cc(CC2(O)CCC(=O)CC2)n(C)n1. The van der Waals surface area contributed by atoms with E-state index in [4.69, 9.17) is 0 Å². The largest absolute Gasteiger partial charge is 0.389 e. The summed E-state index contributed by atoms with van der Waals surface area (Å²) in [6, 6.07) is 1.99. The van der Waals surface area contributed by atoms with Gasteiger partial charge in [-0.05, 0) is 25.8 Å². The number of aliphatic hydroxyl groups is 1. The molecule has 1 saturated carbocycles. The molecule has 0 saturated heterocycles. The molecule has 16 heavy (non-hydrogen) atoms. The maximum Gasteiger partial charge on any atom is 0.133 e. The van der Waals surface area contributed by atoms with E-state index in [1.165, 1.54) is 0 Å². The molecule has 1 aromatic rings. The Morgan fingerprint density at radius 2 is 2.12 bits per heavy atom. The molecule has 0 bridgehead atoms. The molecule has 0 atom stereocenters. The fraction of sp³-hybridized carbons (Fsp3) is 0.667. The number of aromatic nitrogens is 2. The summed E-state index contributed by atoms with van der Waals surface area (Å²) in [6.07, 6.45) is 2.77. The Labute approximate surface area is 95.3 Å². The first-order valence-corrected chi connectivity index (χ1v) is 5.72. The number of rotatable bonds is 2. The van der Waals surface area contributed by atoms with Gasteiger partial charge in [0.15, 0.2) is 0 Å². The smallest absolute Gasteiger partial charge is 0.133 e. The zero-order chi connectivity index (χ0) is 11.8. The molecule has 0 spiro atoms. The molecule has 0 aromatic carbocycles. The normalized spacial score (nSPS) is 20.1. The average Bonchev–Trinajstić information content (AvgIpc) is 2.51. The fourth-order valence-electron chi connectivity index (χ4n) is 2.34.